The predicted octanol–water partition coefficient (Wildman–Crippen LogP) is 4.29. The van der Waals surface area contributed by atoms with Crippen molar-refractivity contribution >= 4 is 27.3 Å². The van der Waals surface area contributed by atoms with Gasteiger partial charge in [-0.25, -0.2) is 8.78 Å². The van der Waals surface area contributed by atoms with E-state index in [9.17, 15) is 8.78 Å². The Balaban J connectivity index is 2.30. The molecule has 1 N–H and O–H groups in total. The van der Waals surface area contributed by atoms with Crippen LogP contribution in [0.3, 0.4) is 0 Å². The molecule has 0 saturated heterocycles. The van der Waals surface area contributed by atoms with Crippen molar-refractivity contribution in [1.82, 2.24) is 5.32 Å². The molecule has 0 amide bonds. The summed E-state index contributed by atoms with van der Waals surface area (Å²) in [6, 6.07) is 6.47. The van der Waals surface area contributed by atoms with Gasteiger partial charge in [-0.3, -0.25) is 0 Å². The van der Waals surface area contributed by atoms with E-state index in [4.69, 9.17) is 0 Å². The average Bonchev–Trinajstić information content (AvgIpc) is 2.88. The summed E-state index contributed by atoms with van der Waals surface area (Å²) in [5, 5.41) is 5.04. The second-order valence-corrected chi connectivity index (χ2v) is 5.72. The Labute approximate surface area is 117 Å². The van der Waals surface area contributed by atoms with Crippen molar-refractivity contribution in [2.45, 2.75) is 12.5 Å². The molecule has 0 radical (unpaired) electrons. The standard InChI is InChI=1S/C13H12BrF2NS/c1-17-11(12-3-2-6-18-12)7-8-10(15)5-4-9(14)13(8)16/h2-6,11,17H,7H2,1H3. The van der Waals surface area contributed by atoms with E-state index in [1.165, 1.54) is 12.1 Å². The Bertz CT molecular complexity index is 528. The molecule has 1 atom stereocenters. The van der Waals surface area contributed by atoms with Crippen LogP contribution in [0.15, 0.2) is 34.1 Å². The van der Waals surface area contributed by atoms with Gasteiger partial charge in [0, 0.05) is 16.5 Å². The molecular weight excluding hydrogens is 320 g/mol. The van der Waals surface area contributed by atoms with Crippen molar-refractivity contribution in [1.29, 1.82) is 0 Å². The second kappa shape index (κ2) is 5.91. The van der Waals surface area contributed by atoms with Crippen LogP contribution in [0.25, 0.3) is 0 Å². The van der Waals surface area contributed by atoms with Crippen molar-refractivity contribution in [3.63, 3.8) is 0 Å². The molecule has 5 heteroatoms. The summed E-state index contributed by atoms with van der Waals surface area (Å²) in [7, 11) is 1.79. The molecule has 2 rings (SSSR count). The van der Waals surface area contributed by atoms with Gasteiger partial charge in [0.05, 0.1) is 4.47 Å². The first-order valence-corrected chi connectivity index (χ1v) is 7.13. The number of rotatable bonds is 4. The van der Waals surface area contributed by atoms with Gasteiger partial charge >= 0.3 is 0 Å². The zero-order chi connectivity index (χ0) is 13.1. The molecule has 0 spiro atoms. The highest BCUT2D eigenvalue weighted by atomic mass is 79.9. The van der Waals surface area contributed by atoms with E-state index < -0.39 is 11.6 Å². The van der Waals surface area contributed by atoms with Gasteiger partial charge in [-0.15, -0.1) is 11.3 Å². The summed E-state index contributed by atoms with van der Waals surface area (Å²) < 4.78 is 27.9. The van der Waals surface area contributed by atoms with Gasteiger partial charge in [-0.05, 0) is 53.0 Å². The fraction of sp³-hybridized carbons (Fsp3) is 0.231. The number of hydrogen-bond acceptors (Lipinski definition) is 2. The highest BCUT2D eigenvalue weighted by Gasteiger charge is 2.18. The van der Waals surface area contributed by atoms with Crippen molar-refractivity contribution in [3.05, 3.63) is 56.2 Å². The topological polar surface area (TPSA) is 12.0 Å². The van der Waals surface area contributed by atoms with Crippen LogP contribution >= 0.6 is 27.3 Å². The van der Waals surface area contributed by atoms with E-state index in [1.54, 1.807) is 18.4 Å². The van der Waals surface area contributed by atoms with Crippen LogP contribution in [-0.4, -0.2) is 7.05 Å². The molecular formula is C13H12BrF2NS. The molecule has 1 aromatic carbocycles. The van der Waals surface area contributed by atoms with Gasteiger partial charge in [0.2, 0.25) is 0 Å². The first-order chi connectivity index (χ1) is 8.63. The molecule has 18 heavy (non-hydrogen) atoms. The van der Waals surface area contributed by atoms with E-state index in [-0.39, 0.29) is 18.0 Å². The molecule has 0 aliphatic rings. The second-order valence-electron chi connectivity index (χ2n) is 3.88. The van der Waals surface area contributed by atoms with Gasteiger partial charge in [-0.2, -0.15) is 0 Å². The number of thiophene rings is 1. The first-order valence-electron chi connectivity index (χ1n) is 5.46. The minimum absolute atomic E-state index is 0.0803. The number of nitrogens with one attached hydrogen (secondary N) is 1. The third kappa shape index (κ3) is 2.79. The minimum atomic E-state index is -0.521. The summed E-state index contributed by atoms with van der Waals surface area (Å²) in [6.45, 7) is 0. The van der Waals surface area contributed by atoms with E-state index in [1.807, 2.05) is 17.5 Å². The summed E-state index contributed by atoms with van der Waals surface area (Å²) >= 11 is 4.65. The molecule has 1 nitrogen and oxygen atoms in total. The highest BCUT2D eigenvalue weighted by molar-refractivity contribution is 9.10. The SMILES string of the molecule is CNC(Cc1c(F)ccc(Br)c1F)c1cccs1. The quantitative estimate of drug-likeness (QED) is 0.824. The summed E-state index contributed by atoms with van der Waals surface area (Å²) in [5.74, 6) is -1.03. The molecule has 0 saturated carbocycles. The number of benzene rings is 1. The van der Waals surface area contributed by atoms with Crippen LogP contribution in [0, 0.1) is 11.6 Å². The lowest BCUT2D eigenvalue weighted by atomic mass is 10.0. The van der Waals surface area contributed by atoms with Crippen LogP contribution < -0.4 is 5.32 Å². The summed E-state index contributed by atoms with van der Waals surface area (Å²) in [5.41, 5.74) is 0.108. The Hall–Kier alpha value is -0.780. The van der Waals surface area contributed by atoms with Gasteiger partial charge in [0.25, 0.3) is 0 Å². The molecule has 0 aliphatic carbocycles. The normalized spacial score (nSPS) is 12.7. The third-order valence-corrected chi connectivity index (χ3v) is 4.38. The number of halogens is 3. The van der Waals surface area contributed by atoms with Gasteiger partial charge in [0.15, 0.2) is 0 Å². The van der Waals surface area contributed by atoms with Crippen molar-refractivity contribution in [2.75, 3.05) is 7.05 Å². The van der Waals surface area contributed by atoms with Gasteiger partial charge in [-0.1, -0.05) is 6.07 Å². The average molecular weight is 332 g/mol. The van der Waals surface area contributed by atoms with E-state index >= 15 is 0 Å². The maximum atomic E-state index is 13.9. The number of hydrogen-bond donors (Lipinski definition) is 1. The fourth-order valence-electron chi connectivity index (χ4n) is 1.79. The predicted molar refractivity (Wildman–Crippen MR) is 73.9 cm³/mol. The fourth-order valence-corrected chi connectivity index (χ4v) is 3.00. The van der Waals surface area contributed by atoms with E-state index in [2.05, 4.69) is 21.2 Å². The van der Waals surface area contributed by atoms with Crippen LogP contribution in [0.5, 0.6) is 0 Å². The van der Waals surface area contributed by atoms with E-state index in [0.29, 0.717) is 4.47 Å². The van der Waals surface area contributed by atoms with Crippen molar-refractivity contribution in [3.8, 4) is 0 Å². The smallest absolute Gasteiger partial charge is 0.143 e. The maximum absolute atomic E-state index is 13.9. The van der Waals surface area contributed by atoms with Crippen LogP contribution in [0.1, 0.15) is 16.5 Å². The zero-order valence-corrected chi connectivity index (χ0v) is 12.1. The lowest BCUT2D eigenvalue weighted by Crippen LogP contribution is -2.19. The van der Waals surface area contributed by atoms with Crippen LogP contribution in [-0.2, 0) is 6.42 Å². The van der Waals surface area contributed by atoms with Crippen LogP contribution in [0.4, 0.5) is 8.78 Å². The zero-order valence-electron chi connectivity index (χ0n) is 9.71. The molecule has 1 aromatic heterocycles. The van der Waals surface area contributed by atoms with Crippen molar-refractivity contribution in [2.24, 2.45) is 0 Å². The molecule has 0 aliphatic heterocycles. The first kappa shape index (κ1) is 13.6. The molecule has 96 valence electrons. The third-order valence-electron chi connectivity index (χ3n) is 2.78. The minimum Gasteiger partial charge on any atom is -0.312 e. The number of likely N-dealkylation sites (N-methyl/N-ethyl adjacent to an activating group) is 1. The largest absolute Gasteiger partial charge is 0.312 e. The Morgan fingerprint density at radius 1 is 1.33 bits per heavy atom. The molecule has 0 fully saturated rings. The summed E-state index contributed by atoms with van der Waals surface area (Å²) in [6.07, 6.45) is 0.286. The maximum Gasteiger partial charge on any atom is 0.143 e. The summed E-state index contributed by atoms with van der Waals surface area (Å²) in [4.78, 5) is 1.07. The lowest BCUT2D eigenvalue weighted by molar-refractivity contribution is 0.516. The van der Waals surface area contributed by atoms with Crippen molar-refractivity contribution < 1.29 is 8.78 Å². The highest BCUT2D eigenvalue weighted by Crippen LogP contribution is 2.28. The Morgan fingerprint density at radius 2 is 2.11 bits per heavy atom. The van der Waals surface area contributed by atoms with E-state index in [0.717, 1.165) is 4.88 Å². The van der Waals surface area contributed by atoms with Crippen LogP contribution in [0.2, 0.25) is 0 Å². The lowest BCUT2D eigenvalue weighted by Gasteiger charge is -2.16. The van der Waals surface area contributed by atoms with Gasteiger partial charge < -0.3 is 5.32 Å². The Morgan fingerprint density at radius 3 is 2.72 bits per heavy atom. The molecule has 1 unspecified atom stereocenters. The molecule has 1 heterocycles. The monoisotopic (exact) mass is 331 g/mol. The Kier molecular flexibility index (Phi) is 4.48. The van der Waals surface area contributed by atoms with Gasteiger partial charge in [0.1, 0.15) is 11.6 Å². The molecule has 0 bridgehead atoms. The molecule has 2 aromatic rings.